The molecule has 0 aliphatic heterocycles. The Hall–Kier alpha value is -1.40. The molecule has 0 aliphatic carbocycles. The highest BCUT2D eigenvalue weighted by Gasteiger charge is 2.18. The van der Waals surface area contributed by atoms with E-state index in [1.165, 1.54) is 161 Å². The number of hydrogen-bond acceptors (Lipinski definition) is 5. The van der Waals surface area contributed by atoms with Gasteiger partial charge in [-0.3, -0.25) is 9.59 Å². The summed E-state index contributed by atoms with van der Waals surface area (Å²) in [6.07, 6.45) is 46.3. The summed E-state index contributed by atoms with van der Waals surface area (Å²) < 4.78 is 5.45. The van der Waals surface area contributed by atoms with E-state index in [1.54, 1.807) is 6.08 Å². The summed E-state index contributed by atoms with van der Waals surface area (Å²) in [5.41, 5.74) is 0. The van der Waals surface area contributed by atoms with Crippen molar-refractivity contribution in [3.63, 3.8) is 0 Å². The molecule has 0 aromatic heterocycles. The summed E-state index contributed by atoms with van der Waals surface area (Å²) >= 11 is 0. The molecule has 0 rings (SSSR count). The molecule has 2 atom stereocenters. The summed E-state index contributed by atoms with van der Waals surface area (Å²) in [5, 5.41) is 22.8. The zero-order chi connectivity index (χ0) is 38.0. The van der Waals surface area contributed by atoms with Crippen molar-refractivity contribution in [1.29, 1.82) is 0 Å². The molecule has 0 saturated heterocycles. The first-order valence-corrected chi connectivity index (χ1v) is 23.0. The SMILES string of the molecule is CCCCCCCCC/C=C/C(O)C(CO)NC(=O)CCCCCCCCCCCCCCOC(=O)CCCCCCCCCCCCCCCC. The minimum Gasteiger partial charge on any atom is -0.466 e. The molecule has 0 aromatic carbocycles. The van der Waals surface area contributed by atoms with Crippen LogP contribution < -0.4 is 5.32 Å². The fraction of sp³-hybridized carbons (Fsp3) is 0.913. The topological polar surface area (TPSA) is 95.9 Å². The molecule has 2 unspecified atom stereocenters. The van der Waals surface area contributed by atoms with Crippen LogP contribution in [0.1, 0.15) is 245 Å². The summed E-state index contributed by atoms with van der Waals surface area (Å²) in [6, 6.07) is -0.635. The minimum absolute atomic E-state index is 0.00940. The molecule has 6 heteroatoms. The van der Waals surface area contributed by atoms with Crippen molar-refractivity contribution in [2.24, 2.45) is 0 Å². The number of aliphatic hydroxyl groups is 2. The lowest BCUT2D eigenvalue weighted by Crippen LogP contribution is -2.45. The fourth-order valence-electron chi connectivity index (χ4n) is 6.98. The van der Waals surface area contributed by atoms with Gasteiger partial charge in [-0.05, 0) is 32.1 Å². The van der Waals surface area contributed by atoms with E-state index in [9.17, 15) is 19.8 Å². The van der Waals surface area contributed by atoms with Gasteiger partial charge in [-0.15, -0.1) is 0 Å². The van der Waals surface area contributed by atoms with E-state index in [0.717, 1.165) is 57.8 Å². The number of rotatable bonds is 42. The van der Waals surface area contributed by atoms with E-state index in [2.05, 4.69) is 19.2 Å². The quantitative estimate of drug-likeness (QED) is 0.0329. The molecule has 3 N–H and O–H groups in total. The number of allylic oxidation sites excluding steroid dienone is 1. The van der Waals surface area contributed by atoms with E-state index in [4.69, 9.17) is 4.74 Å². The zero-order valence-corrected chi connectivity index (χ0v) is 34.8. The van der Waals surface area contributed by atoms with Crippen molar-refractivity contribution in [1.82, 2.24) is 5.32 Å². The third-order valence-corrected chi connectivity index (χ3v) is 10.6. The van der Waals surface area contributed by atoms with Gasteiger partial charge in [0.2, 0.25) is 5.91 Å². The number of esters is 1. The Bertz CT molecular complexity index is 772. The number of unbranched alkanes of at least 4 members (excludes halogenated alkanes) is 31. The standard InChI is InChI=1S/C46H89NO5/c1-3-5-7-9-11-13-14-15-16-20-24-28-32-36-40-46(51)52-41-37-33-29-25-21-18-17-19-23-27-31-35-39-45(50)47-43(42-48)44(49)38-34-30-26-22-12-10-8-6-4-2/h34,38,43-44,48-49H,3-33,35-37,39-42H2,1-2H3,(H,47,50)/b38-34+. The number of amides is 1. The smallest absolute Gasteiger partial charge is 0.305 e. The molecule has 52 heavy (non-hydrogen) atoms. The summed E-state index contributed by atoms with van der Waals surface area (Å²) in [6.45, 7) is 4.83. The third-order valence-electron chi connectivity index (χ3n) is 10.6. The van der Waals surface area contributed by atoms with Crippen LogP contribution in [0, 0.1) is 0 Å². The van der Waals surface area contributed by atoms with Gasteiger partial charge in [0.05, 0.1) is 25.4 Å². The molecular formula is C46H89NO5. The van der Waals surface area contributed by atoms with Crippen molar-refractivity contribution in [2.45, 2.75) is 257 Å². The van der Waals surface area contributed by atoms with E-state index in [0.29, 0.717) is 19.4 Å². The van der Waals surface area contributed by atoms with Crippen LogP contribution >= 0.6 is 0 Å². The molecule has 0 radical (unpaired) electrons. The average Bonchev–Trinajstić information content (AvgIpc) is 3.14. The van der Waals surface area contributed by atoms with Gasteiger partial charge >= 0.3 is 5.97 Å². The number of aliphatic hydroxyl groups excluding tert-OH is 2. The molecule has 0 fully saturated rings. The van der Waals surface area contributed by atoms with Crippen molar-refractivity contribution in [3.05, 3.63) is 12.2 Å². The van der Waals surface area contributed by atoms with Gasteiger partial charge in [0.1, 0.15) is 0 Å². The van der Waals surface area contributed by atoms with Crippen LogP contribution in [0.4, 0.5) is 0 Å². The molecule has 1 amide bonds. The second-order valence-electron chi connectivity index (χ2n) is 15.7. The lowest BCUT2D eigenvalue weighted by Gasteiger charge is -2.20. The maximum Gasteiger partial charge on any atom is 0.305 e. The van der Waals surface area contributed by atoms with Crippen LogP contribution in [0.15, 0.2) is 12.2 Å². The zero-order valence-electron chi connectivity index (χ0n) is 34.8. The van der Waals surface area contributed by atoms with Crippen LogP contribution in [0.5, 0.6) is 0 Å². The first-order valence-electron chi connectivity index (χ1n) is 23.0. The van der Waals surface area contributed by atoms with Crippen molar-refractivity contribution in [3.8, 4) is 0 Å². The van der Waals surface area contributed by atoms with Gasteiger partial charge in [-0.2, -0.15) is 0 Å². The molecule has 308 valence electrons. The van der Waals surface area contributed by atoms with Gasteiger partial charge in [0.25, 0.3) is 0 Å². The molecule has 0 aromatic rings. The highest BCUT2D eigenvalue weighted by molar-refractivity contribution is 5.76. The Morgan fingerprint density at radius 1 is 0.519 bits per heavy atom. The van der Waals surface area contributed by atoms with Gasteiger partial charge in [0, 0.05) is 12.8 Å². The number of nitrogens with one attached hydrogen (secondary N) is 1. The van der Waals surface area contributed by atoms with E-state index in [-0.39, 0.29) is 18.5 Å². The number of ether oxygens (including phenoxy) is 1. The number of carbonyl (C=O) groups excluding carboxylic acids is 2. The molecule has 0 heterocycles. The molecular weight excluding hydrogens is 647 g/mol. The normalized spacial score (nSPS) is 12.8. The Morgan fingerprint density at radius 3 is 1.31 bits per heavy atom. The van der Waals surface area contributed by atoms with Gasteiger partial charge < -0.3 is 20.3 Å². The Morgan fingerprint density at radius 2 is 0.885 bits per heavy atom. The van der Waals surface area contributed by atoms with Crippen LogP contribution in [0.3, 0.4) is 0 Å². The molecule has 0 bridgehead atoms. The maximum atomic E-state index is 12.3. The number of carbonyl (C=O) groups is 2. The van der Waals surface area contributed by atoms with Crippen molar-refractivity contribution >= 4 is 11.9 Å². The molecule has 6 nitrogen and oxygen atoms in total. The highest BCUT2D eigenvalue weighted by atomic mass is 16.5. The predicted octanol–water partition coefficient (Wildman–Crippen LogP) is 13.0. The number of hydrogen-bond donors (Lipinski definition) is 3. The first kappa shape index (κ1) is 50.6. The Labute approximate surface area is 323 Å². The van der Waals surface area contributed by atoms with Crippen molar-refractivity contribution in [2.75, 3.05) is 13.2 Å². The average molecular weight is 736 g/mol. The maximum absolute atomic E-state index is 12.3. The lowest BCUT2D eigenvalue weighted by molar-refractivity contribution is -0.143. The monoisotopic (exact) mass is 736 g/mol. The fourth-order valence-corrected chi connectivity index (χ4v) is 6.98. The first-order chi connectivity index (χ1) is 25.5. The molecule has 0 aliphatic rings. The second-order valence-corrected chi connectivity index (χ2v) is 15.7. The Kier molecular flexibility index (Phi) is 41.2. The Balaban J connectivity index is 3.45. The molecule has 0 saturated carbocycles. The van der Waals surface area contributed by atoms with Crippen LogP contribution in [0.2, 0.25) is 0 Å². The largest absolute Gasteiger partial charge is 0.466 e. The van der Waals surface area contributed by atoms with Crippen LogP contribution in [-0.4, -0.2) is 47.4 Å². The predicted molar refractivity (Wildman–Crippen MR) is 223 cm³/mol. The van der Waals surface area contributed by atoms with Crippen LogP contribution in [0.25, 0.3) is 0 Å². The minimum atomic E-state index is -0.850. The summed E-state index contributed by atoms with van der Waals surface area (Å²) in [4.78, 5) is 24.3. The molecule has 0 spiro atoms. The lowest BCUT2D eigenvalue weighted by atomic mass is 10.0. The van der Waals surface area contributed by atoms with Crippen molar-refractivity contribution < 1.29 is 24.5 Å². The van der Waals surface area contributed by atoms with E-state index < -0.39 is 12.1 Å². The third kappa shape index (κ3) is 38.3. The van der Waals surface area contributed by atoms with Gasteiger partial charge in [0.15, 0.2) is 0 Å². The highest BCUT2D eigenvalue weighted by Crippen LogP contribution is 2.15. The van der Waals surface area contributed by atoms with Gasteiger partial charge in [-0.1, -0.05) is 212 Å². The van der Waals surface area contributed by atoms with E-state index >= 15 is 0 Å². The summed E-state index contributed by atoms with van der Waals surface area (Å²) in [7, 11) is 0. The van der Waals surface area contributed by atoms with Crippen LogP contribution in [-0.2, 0) is 14.3 Å². The summed E-state index contributed by atoms with van der Waals surface area (Å²) in [5.74, 6) is -0.0955. The van der Waals surface area contributed by atoms with E-state index in [1.807, 2.05) is 6.08 Å². The van der Waals surface area contributed by atoms with Gasteiger partial charge in [-0.25, -0.2) is 0 Å². The second kappa shape index (κ2) is 42.3.